The second-order valence-corrected chi connectivity index (χ2v) is 5.29. The molecule has 5 heteroatoms. The van der Waals surface area contributed by atoms with Gasteiger partial charge in [-0.25, -0.2) is 0 Å². The van der Waals surface area contributed by atoms with Gasteiger partial charge in [-0.15, -0.1) is 0 Å². The highest BCUT2D eigenvalue weighted by molar-refractivity contribution is 5.92. The van der Waals surface area contributed by atoms with E-state index in [1.54, 1.807) is 0 Å². The molecule has 1 aliphatic rings. The summed E-state index contributed by atoms with van der Waals surface area (Å²) < 4.78 is 0. The number of benzene rings is 2. The number of fused-ring (bicyclic) bond motifs is 1. The summed E-state index contributed by atoms with van der Waals surface area (Å²) in [5.41, 5.74) is 2.06. The molecule has 22 heavy (non-hydrogen) atoms. The Morgan fingerprint density at radius 1 is 1.09 bits per heavy atom. The SMILES string of the molecule is O=C(O)CC1=C(c2ccc3ccccc3c2)CN[C@@H]1C(=O)O. The topological polar surface area (TPSA) is 86.6 Å². The fourth-order valence-corrected chi connectivity index (χ4v) is 2.89. The Kier molecular flexibility index (Phi) is 3.65. The number of carboxylic acids is 2. The molecule has 3 rings (SSSR count). The zero-order chi connectivity index (χ0) is 15.7. The third-order valence-corrected chi connectivity index (χ3v) is 3.91. The van der Waals surface area contributed by atoms with E-state index in [4.69, 9.17) is 5.11 Å². The van der Waals surface area contributed by atoms with Crippen LogP contribution in [0.1, 0.15) is 12.0 Å². The number of aliphatic carboxylic acids is 2. The molecule has 1 aliphatic heterocycles. The first-order chi connectivity index (χ1) is 10.6. The normalized spacial score (nSPS) is 17.9. The number of nitrogens with one attached hydrogen (secondary N) is 1. The summed E-state index contributed by atoms with van der Waals surface area (Å²) in [6.07, 6.45) is -0.272. The van der Waals surface area contributed by atoms with E-state index in [0.717, 1.165) is 21.9 Å². The minimum atomic E-state index is -1.05. The highest BCUT2D eigenvalue weighted by Gasteiger charge is 2.32. The Hall–Kier alpha value is -2.66. The molecule has 0 fully saturated rings. The van der Waals surface area contributed by atoms with E-state index in [0.29, 0.717) is 12.1 Å². The Labute approximate surface area is 126 Å². The van der Waals surface area contributed by atoms with Gasteiger partial charge in [-0.3, -0.25) is 14.9 Å². The molecule has 2 aromatic carbocycles. The maximum atomic E-state index is 11.3. The molecule has 112 valence electrons. The lowest BCUT2D eigenvalue weighted by atomic mass is 9.95. The summed E-state index contributed by atoms with van der Waals surface area (Å²) in [6, 6.07) is 12.8. The minimum Gasteiger partial charge on any atom is -0.481 e. The number of hydrogen-bond acceptors (Lipinski definition) is 3. The second kappa shape index (κ2) is 5.61. The summed E-state index contributed by atoms with van der Waals surface area (Å²) in [5.74, 6) is -2.07. The first-order valence-electron chi connectivity index (χ1n) is 6.95. The lowest BCUT2D eigenvalue weighted by molar-refractivity contribution is -0.138. The minimum absolute atomic E-state index is 0.272. The Bertz CT molecular complexity index is 794. The quantitative estimate of drug-likeness (QED) is 0.804. The summed E-state index contributed by atoms with van der Waals surface area (Å²) >= 11 is 0. The van der Waals surface area contributed by atoms with Gasteiger partial charge in [-0.05, 0) is 33.5 Å². The number of carbonyl (C=O) groups is 2. The molecule has 0 aromatic heterocycles. The van der Waals surface area contributed by atoms with Crippen LogP contribution in [0.2, 0.25) is 0 Å². The molecular weight excluding hydrogens is 282 g/mol. The van der Waals surface area contributed by atoms with E-state index in [9.17, 15) is 14.7 Å². The van der Waals surface area contributed by atoms with Gasteiger partial charge in [0.05, 0.1) is 6.42 Å². The average Bonchev–Trinajstić information content (AvgIpc) is 2.89. The molecule has 0 saturated carbocycles. The molecule has 3 N–H and O–H groups in total. The first-order valence-corrected chi connectivity index (χ1v) is 6.95. The molecular formula is C17H15NO4. The van der Waals surface area contributed by atoms with Crippen molar-refractivity contribution in [3.05, 3.63) is 53.6 Å². The Balaban J connectivity index is 2.10. The lowest BCUT2D eigenvalue weighted by Crippen LogP contribution is -2.34. The Morgan fingerprint density at radius 3 is 2.50 bits per heavy atom. The molecule has 0 amide bonds. The summed E-state index contributed by atoms with van der Waals surface area (Å²) in [7, 11) is 0. The van der Waals surface area contributed by atoms with Gasteiger partial charge in [0.15, 0.2) is 0 Å². The Morgan fingerprint density at radius 2 is 1.82 bits per heavy atom. The first kappa shape index (κ1) is 14.3. The monoisotopic (exact) mass is 297 g/mol. The molecule has 0 spiro atoms. The van der Waals surface area contributed by atoms with Crippen molar-refractivity contribution in [2.45, 2.75) is 12.5 Å². The van der Waals surface area contributed by atoms with Crippen LogP contribution in [0.3, 0.4) is 0 Å². The molecule has 0 saturated heterocycles. The van der Waals surface area contributed by atoms with Gasteiger partial charge in [0.1, 0.15) is 6.04 Å². The second-order valence-electron chi connectivity index (χ2n) is 5.29. The van der Waals surface area contributed by atoms with Crippen molar-refractivity contribution >= 4 is 28.3 Å². The summed E-state index contributed by atoms with van der Waals surface area (Å²) in [4.78, 5) is 22.4. The van der Waals surface area contributed by atoms with Gasteiger partial charge in [0.25, 0.3) is 0 Å². The van der Waals surface area contributed by atoms with Crippen molar-refractivity contribution in [2.75, 3.05) is 6.54 Å². The van der Waals surface area contributed by atoms with Crippen LogP contribution in [0.5, 0.6) is 0 Å². The average molecular weight is 297 g/mol. The third kappa shape index (κ3) is 2.58. The maximum Gasteiger partial charge on any atom is 0.325 e. The highest BCUT2D eigenvalue weighted by atomic mass is 16.4. The third-order valence-electron chi connectivity index (χ3n) is 3.91. The number of hydrogen-bond donors (Lipinski definition) is 3. The number of rotatable bonds is 4. The van der Waals surface area contributed by atoms with Crippen LogP contribution < -0.4 is 5.32 Å². The molecule has 0 radical (unpaired) electrons. The van der Waals surface area contributed by atoms with Crippen LogP contribution in [-0.4, -0.2) is 34.7 Å². The predicted molar refractivity (Wildman–Crippen MR) is 82.5 cm³/mol. The van der Waals surface area contributed by atoms with Gasteiger partial charge in [0, 0.05) is 6.54 Å². The van der Waals surface area contributed by atoms with Crippen molar-refractivity contribution in [2.24, 2.45) is 0 Å². The van der Waals surface area contributed by atoms with E-state index < -0.39 is 18.0 Å². The van der Waals surface area contributed by atoms with Crippen LogP contribution in [0.25, 0.3) is 16.3 Å². The smallest absolute Gasteiger partial charge is 0.325 e. The van der Waals surface area contributed by atoms with Crippen molar-refractivity contribution < 1.29 is 19.8 Å². The van der Waals surface area contributed by atoms with Crippen LogP contribution in [0.4, 0.5) is 0 Å². The van der Waals surface area contributed by atoms with E-state index in [1.165, 1.54) is 0 Å². The van der Waals surface area contributed by atoms with Crippen molar-refractivity contribution in [3.63, 3.8) is 0 Å². The maximum absolute atomic E-state index is 11.3. The van der Waals surface area contributed by atoms with Crippen molar-refractivity contribution in [1.82, 2.24) is 5.32 Å². The number of carboxylic acid groups (broad SMARTS) is 2. The van der Waals surface area contributed by atoms with Gasteiger partial charge in [-0.2, -0.15) is 0 Å². The molecule has 0 aliphatic carbocycles. The van der Waals surface area contributed by atoms with Gasteiger partial charge in [-0.1, -0.05) is 36.4 Å². The zero-order valence-electron chi connectivity index (χ0n) is 11.7. The summed E-state index contributed by atoms with van der Waals surface area (Å²) in [5, 5.41) is 23.3. The molecule has 0 unspecified atom stereocenters. The van der Waals surface area contributed by atoms with E-state index in [-0.39, 0.29) is 6.42 Å². The molecule has 1 atom stereocenters. The highest BCUT2D eigenvalue weighted by Crippen LogP contribution is 2.30. The van der Waals surface area contributed by atoms with E-state index in [1.807, 2.05) is 42.5 Å². The van der Waals surface area contributed by atoms with E-state index in [2.05, 4.69) is 5.32 Å². The van der Waals surface area contributed by atoms with Crippen LogP contribution in [-0.2, 0) is 9.59 Å². The largest absolute Gasteiger partial charge is 0.481 e. The zero-order valence-corrected chi connectivity index (χ0v) is 11.7. The molecule has 2 aromatic rings. The lowest BCUT2D eigenvalue weighted by Gasteiger charge is -2.10. The summed E-state index contributed by atoms with van der Waals surface area (Å²) in [6.45, 7) is 0.359. The fourth-order valence-electron chi connectivity index (χ4n) is 2.89. The molecule has 1 heterocycles. The standard InChI is InChI=1S/C17H15NO4/c19-15(20)8-13-14(9-18-16(13)17(21)22)12-6-5-10-3-1-2-4-11(10)7-12/h1-7,16,18H,8-9H2,(H,19,20)(H,21,22)/t16-/m0/s1. The fraction of sp³-hybridized carbons (Fsp3) is 0.176. The predicted octanol–water partition coefficient (Wildman–Crippen LogP) is 2.12. The van der Waals surface area contributed by atoms with Gasteiger partial charge in [0.2, 0.25) is 0 Å². The van der Waals surface area contributed by atoms with Crippen molar-refractivity contribution in [3.8, 4) is 0 Å². The van der Waals surface area contributed by atoms with Gasteiger partial charge >= 0.3 is 11.9 Å². The van der Waals surface area contributed by atoms with Crippen LogP contribution in [0.15, 0.2) is 48.0 Å². The molecule has 5 nitrogen and oxygen atoms in total. The van der Waals surface area contributed by atoms with E-state index >= 15 is 0 Å². The molecule has 0 bridgehead atoms. The van der Waals surface area contributed by atoms with Crippen LogP contribution >= 0.6 is 0 Å². The van der Waals surface area contributed by atoms with Gasteiger partial charge < -0.3 is 10.2 Å². The van der Waals surface area contributed by atoms with Crippen LogP contribution in [0, 0.1) is 0 Å². The van der Waals surface area contributed by atoms with Crippen molar-refractivity contribution in [1.29, 1.82) is 0 Å².